The van der Waals surface area contributed by atoms with E-state index in [1.54, 1.807) is 24.3 Å². The molecule has 1 aromatic carbocycles. The Labute approximate surface area is 130 Å². The number of halogens is 1. The van der Waals surface area contributed by atoms with Gasteiger partial charge in [0.05, 0.1) is 13.0 Å². The van der Waals surface area contributed by atoms with E-state index >= 15 is 0 Å². The second kappa shape index (κ2) is 8.87. The normalized spacial score (nSPS) is 15.7. The van der Waals surface area contributed by atoms with Crippen LogP contribution >= 0.6 is 11.6 Å². The number of hydrogen-bond donors (Lipinski definition) is 2. The second-order valence-corrected chi connectivity index (χ2v) is 5.43. The average Bonchev–Trinajstić information content (AvgIpc) is 2.50. The maximum Gasteiger partial charge on any atom is 0.223 e. The summed E-state index contributed by atoms with van der Waals surface area (Å²) >= 11 is 5.79. The Morgan fingerprint density at radius 3 is 2.71 bits per heavy atom. The van der Waals surface area contributed by atoms with E-state index in [-0.39, 0.29) is 5.91 Å². The van der Waals surface area contributed by atoms with E-state index in [0.29, 0.717) is 24.6 Å². The molecule has 21 heavy (non-hydrogen) atoms. The number of rotatable bonds is 7. The van der Waals surface area contributed by atoms with E-state index in [9.17, 15) is 4.79 Å². The molecule has 5 nitrogen and oxygen atoms in total. The van der Waals surface area contributed by atoms with Crippen molar-refractivity contribution >= 4 is 17.5 Å². The van der Waals surface area contributed by atoms with Crippen molar-refractivity contribution in [1.82, 2.24) is 15.5 Å². The summed E-state index contributed by atoms with van der Waals surface area (Å²) < 4.78 is 5.49. The van der Waals surface area contributed by atoms with E-state index in [1.165, 1.54) is 0 Å². The first-order valence-corrected chi connectivity index (χ1v) is 7.70. The van der Waals surface area contributed by atoms with Crippen molar-refractivity contribution in [1.29, 1.82) is 0 Å². The monoisotopic (exact) mass is 311 g/mol. The van der Waals surface area contributed by atoms with Gasteiger partial charge in [-0.05, 0) is 24.3 Å². The SMILES string of the molecule is O=C(CCOc1ccc(Cl)cc1)NCCN1CCNCC1. The van der Waals surface area contributed by atoms with Crippen molar-refractivity contribution < 1.29 is 9.53 Å². The van der Waals surface area contributed by atoms with E-state index in [1.807, 2.05) is 0 Å². The van der Waals surface area contributed by atoms with Crippen molar-refractivity contribution in [3.63, 3.8) is 0 Å². The van der Waals surface area contributed by atoms with Crippen LogP contribution in [-0.2, 0) is 4.79 Å². The summed E-state index contributed by atoms with van der Waals surface area (Å²) in [7, 11) is 0. The summed E-state index contributed by atoms with van der Waals surface area (Å²) in [6.45, 7) is 6.14. The number of piperazine rings is 1. The molecule has 1 aromatic rings. The summed E-state index contributed by atoms with van der Waals surface area (Å²) in [6, 6.07) is 7.13. The van der Waals surface area contributed by atoms with Gasteiger partial charge in [-0.1, -0.05) is 11.6 Å². The highest BCUT2D eigenvalue weighted by Gasteiger charge is 2.09. The molecule has 1 saturated heterocycles. The van der Waals surface area contributed by atoms with Crippen LogP contribution in [-0.4, -0.2) is 56.7 Å². The molecular formula is C15H22ClN3O2. The molecule has 0 radical (unpaired) electrons. The highest BCUT2D eigenvalue weighted by atomic mass is 35.5. The van der Waals surface area contributed by atoms with Gasteiger partial charge in [-0.3, -0.25) is 9.69 Å². The molecule has 1 aliphatic heterocycles. The molecule has 1 aliphatic rings. The number of hydrogen-bond acceptors (Lipinski definition) is 4. The first-order chi connectivity index (χ1) is 10.2. The first-order valence-electron chi connectivity index (χ1n) is 7.32. The Morgan fingerprint density at radius 1 is 1.29 bits per heavy atom. The lowest BCUT2D eigenvalue weighted by Crippen LogP contribution is -2.46. The van der Waals surface area contributed by atoms with Crippen LogP contribution in [0, 0.1) is 0 Å². The zero-order chi connectivity index (χ0) is 14.9. The fourth-order valence-corrected chi connectivity index (χ4v) is 2.29. The molecule has 6 heteroatoms. The predicted molar refractivity (Wildman–Crippen MR) is 83.9 cm³/mol. The van der Waals surface area contributed by atoms with Crippen LogP contribution in [0.15, 0.2) is 24.3 Å². The minimum absolute atomic E-state index is 0.0269. The Balaban J connectivity index is 1.54. The molecular weight excluding hydrogens is 290 g/mol. The molecule has 0 atom stereocenters. The summed E-state index contributed by atoms with van der Waals surface area (Å²) in [5.74, 6) is 0.757. The molecule has 0 aliphatic carbocycles. The summed E-state index contributed by atoms with van der Waals surface area (Å²) in [4.78, 5) is 14.0. The van der Waals surface area contributed by atoms with Crippen LogP contribution in [0.3, 0.4) is 0 Å². The number of carbonyl (C=O) groups excluding carboxylic acids is 1. The summed E-state index contributed by atoms with van der Waals surface area (Å²) in [5.41, 5.74) is 0. The van der Waals surface area contributed by atoms with E-state index in [4.69, 9.17) is 16.3 Å². The minimum Gasteiger partial charge on any atom is -0.493 e. The molecule has 1 fully saturated rings. The van der Waals surface area contributed by atoms with Crippen LogP contribution in [0.5, 0.6) is 5.75 Å². The molecule has 1 heterocycles. The van der Waals surface area contributed by atoms with Gasteiger partial charge in [0.1, 0.15) is 5.75 Å². The van der Waals surface area contributed by atoms with Gasteiger partial charge < -0.3 is 15.4 Å². The maximum absolute atomic E-state index is 11.7. The van der Waals surface area contributed by atoms with Gasteiger partial charge in [0, 0.05) is 44.3 Å². The molecule has 0 saturated carbocycles. The molecule has 116 valence electrons. The van der Waals surface area contributed by atoms with E-state index in [0.717, 1.165) is 38.5 Å². The van der Waals surface area contributed by atoms with Gasteiger partial charge in [-0.2, -0.15) is 0 Å². The van der Waals surface area contributed by atoms with Gasteiger partial charge in [0.15, 0.2) is 0 Å². The average molecular weight is 312 g/mol. The second-order valence-electron chi connectivity index (χ2n) is 4.99. The largest absolute Gasteiger partial charge is 0.493 e. The van der Waals surface area contributed by atoms with Crippen LogP contribution < -0.4 is 15.4 Å². The number of carbonyl (C=O) groups is 1. The van der Waals surface area contributed by atoms with Crippen LogP contribution in [0.4, 0.5) is 0 Å². The van der Waals surface area contributed by atoms with Gasteiger partial charge in [0.2, 0.25) is 5.91 Å². The molecule has 1 amide bonds. The highest BCUT2D eigenvalue weighted by molar-refractivity contribution is 6.30. The fourth-order valence-electron chi connectivity index (χ4n) is 2.17. The standard InChI is InChI=1S/C15H22ClN3O2/c16-13-1-3-14(4-2-13)21-12-5-15(20)18-8-11-19-9-6-17-7-10-19/h1-4,17H,5-12H2,(H,18,20). The van der Waals surface area contributed by atoms with Gasteiger partial charge in [-0.25, -0.2) is 0 Å². The Morgan fingerprint density at radius 2 is 2.00 bits per heavy atom. The molecule has 0 spiro atoms. The van der Waals surface area contributed by atoms with Crippen LogP contribution in [0.2, 0.25) is 5.02 Å². The summed E-state index contributed by atoms with van der Waals surface area (Å²) in [6.07, 6.45) is 0.365. The Kier molecular flexibility index (Phi) is 6.79. The topological polar surface area (TPSA) is 53.6 Å². The number of nitrogens with one attached hydrogen (secondary N) is 2. The lowest BCUT2D eigenvalue weighted by molar-refractivity contribution is -0.121. The molecule has 2 N–H and O–H groups in total. The van der Waals surface area contributed by atoms with Crippen molar-refractivity contribution in [2.75, 3.05) is 45.9 Å². The predicted octanol–water partition coefficient (Wildman–Crippen LogP) is 1.13. The highest BCUT2D eigenvalue weighted by Crippen LogP contribution is 2.15. The number of ether oxygens (including phenoxy) is 1. The Hall–Kier alpha value is -1.30. The van der Waals surface area contributed by atoms with Crippen molar-refractivity contribution in [2.24, 2.45) is 0 Å². The third-order valence-electron chi connectivity index (χ3n) is 3.37. The van der Waals surface area contributed by atoms with Crippen LogP contribution in [0.25, 0.3) is 0 Å². The first kappa shape index (κ1) is 16.1. The van der Waals surface area contributed by atoms with Crippen molar-refractivity contribution in [2.45, 2.75) is 6.42 Å². The quantitative estimate of drug-likeness (QED) is 0.793. The lowest BCUT2D eigenvalue weighted by Gasteiger charge is -2.27. The fraction of sp³-hybridized carbons (Fsp3) is 0.533. The molecule has 0 aromatic heterocycles. The lowest BCUT2D eigenvalue weighted by atomic mass is 10.3. The van der Waals surface area contributed by atoms with Gasteiger partial charge in [0.25, 0.3) is 0 Å². The summed E-state index contributed by atoms with van der Waals surface area (Å²) in [5, 5.41) is 6.90. The molecule has 0 unspecified atom stereocenters. The zero-order valence-corrected chi connectivity index (χ0v) is 12.9. The number of amides is 1. The van der Waals surface area contributed by atoms with Crippen molar-refractivity contribution in [3.8, 4) is 5.75 Å². The third kappa shape index (κ3) is 6.33. The van der Waals surface area contributed by atoms with Crippen LogP contribution in [0.1, 0.15) is 6.42 Å². The minimum atomic E-state index is 0.0269. The van der Waals surface area contributed by atoms with Gasteiger partial charge >= 0.3 is 0 Å². The van der Waals surface area contributed by atoms with Gasteiger partial charge in [-0.15, -0.1) is 0 Å². The van der Waals surface area contributed by atoms with E-state index < -0.39 is 0 Å². The Bertz CT molecular complexity index is 433. The smallest absolute Gasteiger partial charge is 0.223 e. The maximum atomic E-state index is 11.7. The number of benzene rings is 1. The zero-order valence-electron chi connectivity index (χ0n) is 12.1. The molecule has 2 rings (SSSR count). The molecule has 0 bridgehead atoms. The van der Waals surface area contributed by atoms with Crippen molar-refractivity contribution in [3.05, 3.63) is 29.3 Å². The number of nitrogens with zero attached hydrogens (tertiary/aromatic N) is 1. The third-order valence-corrected chi connectivity index (χ3v) is 3.62. The van der Waals surface area contributed by atoms with E-state index in [2.05, 4.69) is 15.5 Å².